The summed E-state index contributed by atoms with van der Waals surface area (Å²) in [7, 11) is 0. The van der Waals surface area contributed by atoms with Gasteiger partial charge in [0.2, 0.25) is 11.8 Å². The number of fused-ring (bicyclic) bond motifs is 1. The zero-order valence-corrected chi connectivity index (χ0v) is 14.5. The van der Waals surface area contributed by atoms with Crippen molar-refractivity contribution in [2.24, 2.45) is 5.92 Å². The number of hydrogen-bond donors (Lipinski definition) is 1. The highest BCUT2D eigenvalue weighted by molar-refractivity contribution is 5.97. The molecule has 0 bridgehead atoms. The minimum Gasteiger partial charge on any atom is -0.378 e. The lowest BCUT2D eigenvalue weighted by atomic mass is 10.1. The smallest absolute Gasteiger partial charge is 0.229 e. The molecule has 2 aliphatic rings. The summed E-state index contributed by atoms with van der Waals surface area (Å²) >= 11 is 0. The number of nitrogens with zero attached hydrogens (tertiary/aromatic N) is 1. The minimum atomic E-state index is -0.00850. The molecule has 1 unspecified atom stereocenters. The molecule has 5 nitrogen and oxygen atoms in total. The fraction of sp³-hybridized carbons (Fsp3) is 0.579. The van der Waals surface area contributed by atoms with Gasteiger partial charge in [0.1, 0.15) is 0 Å². The molecule has 1 aromatic carbocycles. The molecule has 1 N–H and O–H groups in total. The van der Waals surface area contributed by atoms with Crippen LogP contribution in [0.15, 0.2) is 18.2 Å². The molecule has 2 amide bonds. The van der Waals surface area contributed by atoms with E-state index in [0.717, 1.165) is 55.8 Å². The fourth-order valence-corrected chi connectivity index (χ4v) is 3.41. The van der Waals surface area contributed by atoms with Crippen LogP contribution in [0.2, 0.25) is 0 Å². The van der Waals surface area contributed by atoms with Gasteiger partial charge in [-0.25, -0.2) is 0 Å². The van der Waals surface area contributed by atoms with E-state index < -0.39 is 0 Å². The van der Waals surface area contributed by atoms with Crippen molar-refractivity contribution in [3.63, 3.8) is 0 Å². The van der Waals surface area contributed by atoms with Crippen LogP contribution in [0.25, 0.3) is 0 Å². The number of hydrogen-bond acceptors (Lipinski definition) is 3. The fourth-order valence-electron chi connectivity index (χ4n) is 3.41. The maximum absolute atomic E-state index is 12.2. The molecule has 130 valence electrons. The number of amides is 2. The summed E-state index contributed by atoms with van der Waals surface area (Å²) in [6.07, 6.45) is 4.49. The van der Waals surface area contributed by atoms with Crippen LogP contribution in [0, 0.1) is 5.92 Å². The SMILES string of the molecule is CC(C)C(=O)N1CCc2cc(NC(=O)CC3CCCCO3)ccc21. The van der Waals surface area contributed by atoms with Gasteiger partial charge < -0.3 is 15.0 Å². The van der Waals surface area contributed by atoms with Crippen molar-refractivity contribution in [2.45, 2.75) is 52.1 Å². The first-order valence-electron chi connectivity index (χ1n) is 8.90. The van der Waals surface area contributed by atoms with Crippen LogP contribution in [-0.2, 0) is 20.7 Å². The standard InChI is InChI=1S/C19H26N2O3/c1-13(2)19(23)21-9-8-14-11-15(6-7-17(14)21)20-18(22)12-16-5-3-4-10-24-16/h6-7,11,13,16H,3-5,8-10,12H2,1-2H3,(H,20,22). The Balaban J connectivity index is 1.62. The van der Waals surface area contributed by atoms with E-state index in [2.05, 4.69) is 5.32 Å². The second-order valence-electron chi connectivity index (χ2n) is 6.98. The molecule has 0 saturated carbocycles. The molecule has 0 aromatic heterocycles. The Morgan fingerprint density at radius 3 is 2.88 bits per heavy atom. The van der Waals surface area contributed by atoms with Gasteiger partial charge in [0.15, 0.2) is 0 Å². The predicted molar refractivity (Wildman–Crippen MR) is 94.2 cm³/mol. The Bertz CT molecular complexity index is 621. The molecule has 2 aliphatic heterocycles. The van der Waals surface area contributed by atoms with Gasteiger partial charge >= 0.3 is 0 Å². The first-order valence-corrected chi connectivity index (χ1v) is 8.90. The number of carbonyl (C=O) groups excluding carboxylic acids is 2. The van der Waals surface area contributed by atoms with Crippen LogP contribution in [0.5, 0.6) is 0 Å². The first kappa shape index (κ1) is 17.0. The number of anilines is 2. The van der Waals surface area contributed by atoms with E-state index in [1.54, 1.807) is 0 Å². The number of carbonyl (C=O) groups is 2. The molecule has 1 fully saturated rings. The van der Waals surface area contributed by atoms with Gasteiger partial charge in [0.05, 0.1) is 12.5 Å². The number of ether oxygens (including phenoxy) is 1. The Hall–Kier alpha value is -1.88. The van der Waals surface area contributed by atoms with Gasteiger partial charge in [-0.2, -0.15) is 0 Å². The van der Waals surface area contributed by atoms with Crippen LogP contribution in [0.3, 0.4) is 0 Å². The zero-order valence-electron chi connectivity index (χ0n) is 14.5. The summed E-state index contributed by atoms with van der Waals surface area (Å²) in [5.74, 6) is 0.140. The third-order valence-electron chi connectivity index (χ3n) is 4.71. The first-order chi connectivity index (χ1) is 11.5. The van der Waals surface area contributed by atoms with Crippen LogP contribution in [-0.4, -0.2) is 31.1 Å². The van der Waals surface area contributed by atoms with Gasteiger partial charge in [-0.1, -0.05) is 13.8 Å². The lowest BCUT2D eigenvalue weighted by Crippen LogP contribution is -2.32. The number of benzene rings is 1. The van der Waals surface area contributed by atoms with E-state index in [1.807, 2.05) is 36.9 Å². The molecule has 0 spiro atoms. The molecule has 0 aliphatic carbocycles. The van der Waals surface area contributed by atoms with E-state index in [-0.39, 0.29) is 23.8 Å². The maximum Gasteiger partial charge on any atom is 0.229 e. The molecule has 1 atom stereocenters. The highest BCUT2D eigenvalue weighted by Gasteiger charge is 2.26. The van der Waals surface area contributed by atoms with Crippen molar-refractivity contribution >= 4 is 23.2 Å². The van der Waals surface area contributed by atoms with E-state index >= 15 is 0 Å². The summed E-state index contributed by atoms with van der Waals surface area (Å²) in [6, 6.07) is 5.81. The van der Waals surface area contributed by atoms with E-state index in [1.165, 1.54) is 0 Å². The van der Waals surface area contributed by atoms with Gasteiger partial charge in [0, 0.05) is 30.4 Å². The topological polar surface area (TPSA) is 58.6 Å². The summed E-state index contributed by atoms with van der Waals surface area (Å²) in [4.78, 5) is 26.3. The quantitative estimate of drug-likeness (QED) is 0.923. The molecule has 0 radical (unpaired) electrons. The molecule has 1 saturated heterocycles. The number of rotatable bonds is 4. The summed E-state index contributed by atoms with van der Waals surface area (Å²) in [6.45, 7) is 5.32. The lowest BCUT2D eigenvalue weighted by Gasteiger charge is -2.22. The van der Waals surface area contributed by atoms with Crippen LogP contribution >= 0.6 is 0 Å². The van der Waals surface area contributed by atoms with Crippen molar-refractivity contribution in [1.29, 1.82) is 0 Å². The Morgan fingerprint density at radius 1 is 1.33 bits per heavy atom. The third kappa shape index (κ3) is 3.78. The lowest BCUT2D eigenvalue weighted by molar-refractivity contribution is -0.121. The monoisotopic (exact) mass is 330 g/mol. The maximum atomic E-state index is 12.2. The molecule has 3 rings (SSSR count). The van der Waals surface area contributed by atoms with Crippen LogP contribution in [0.4, 0.5) is 11.4 Å². The van der Waals surface area contributed by atoms with Gasteiger partial charge in [-0.15, -0.1) is 0 Å². The Morgan fingerprint density at radius 2 is 2.17 bits per heavy atom. The highest BCUT2D eigenvalue weighted by Crippen LogP contribution is 2.31. The molecule has 24 heavy (non-hydrogen) atoms. The van der Waals surface area contributed by atoms with Gasteiger partial charge in [0.25, 0.3) is 0 Å². The van der Waals surface area contributed by atoms with E-state index in [0.29, 0.717) is 6.42 Å². The van der Waals surface area contributed by atoms with Crippen molar-refractivity contribution in [3.8, 4) is 0 Å². The molecular weight excluding hydrogens is 304 g/mol. The second-order valence-corrected chi connectivity index (χ2v) is 6.98. The molecule has 2 heterocycles. The average molecular weight is 330 g/mol. The number of nitrogens with one attached hydrogen (secondary N) is 1. The zero-order chi connectivity index (χ0) is 17.1. The van der Waals surface area contributed by atoms with Crippen molar-refractivity contribution < 1.29 is 14.3 Å². The average Bonchev–Trinajstić information content (AvgIpc) is 2.97. The Labute approximate surface area is 143 Å². The second kappa shape index (κ2) is 7.34. The van der Waals surface area contributed by atoms with Gasteiger partial charge in [-0.05, 0) is 49.4 Å². The van der Waals surface area contributed by atoms with Crippen LogP contribution < -0.4 is 10.2 Å². The third-order valence-corrected chi connectivity index (χ3v) is 4.71. The summed E-state index contributed by atoms with van der Waals surface area (Å²) < 4.78 is 5.62. The molecule has 5 heteroatoms. The summed E-state index contributed by atoms with van der Waals surface area (Å²) in [5.41, 5.74) is 2.89. The predicted octanol–water partition coefficient (Wildman–Crippen LogP) is 3.13. The largest absolute Gasteiger partial charge is 0.378 e. The minimum absolute atomic E-state index is 0.00467. The highest BCUT2D eigenvalue weighted by atomic mass is 16.5. The van der Waals surface area contributed by atoms with Crippen molar-refractivity contribution in [1.82, 2.24) is 0 Å². The van der Waals surface area contributed by atoms with Crippen molar-refractivity contribution in [3.05, 3.63) is 23.8 Å². The van der Waals surface area contributed by atoms with Crippen LogP contribution in [0.1, 0.15) is 45.1 Å². The summed E-state index contributed by atoms with van der Waals surface area (Å²) in [5, 5.41) is 2.96. The van der Waals surface area contributed by atoms with Gasteiger partial charge in [-0.3, -0.25) is 9.59 Å². The van der Waals surface area contributed by atoms with Crippen molar-refractivity contribution in [2.75, 3.05) is 23.4 Å². The van der Waals surface area contributed by atoms with E-state index in [4.69, 9.17) is 4.74 Å². The normalized spacial score (nSPS) is 20.1. The van der Waals surface area contributed by atoms with E-state index in [9.17, 15) is 9.59 Å². The molecular formula is C19H26N2O3. The Kier molecular flexibility index (Phi) is 5.19. The molecule has 1 aromatic rings.